The van der Waals surface area contributed by atoms with Gasteiger partial charge >= 0.3 is 0 Å². The lowest BCUT2D eigenvalue weighted by Crippen LogP contribution is -1.95. The summed E-state index contributed by atoms with van der Waals surface area (Å²) in [6, 6.07) is 17.3. The lowest BCUT2D eigenvalue weighted by molar-refractivity contribution is 0.943. The maximum atomic E-state index is 2.21. The van der Waals surface area contributed by atoms with E-state index in [-0.39, 0.29) is 0 Å². The molecule has 1 heteroatoms. The zero-order valence-electron chi connectivity index (χ0n) is 8.31. The Kier molecular flexibility index (Phi) is 3.10. The number of thioether (sulfide) groups is 1. The summed E-state index contributed by atoms with van der Waals surface area (Å²) in [5.74, 6) is 0. The highest BCUT2D eigenvalue weighted by molar-refractivity contribution is 7.98. The lowest BCUT2D eigenvalue weighted by atomic mass is 10.1. The van der Waals surface area contributed by atoms with Crippen molar-refractivity contribution >= 4 is 11.8 Å². The summed E-state index contributed by atoms with van der Waals surface area (Å²) in [5, 5.41) is 0.604. The van der Waals surface area contributed by atoms with Gasteiger partial charge in [-0.25, -0.2) is 24.3 Å². The molecular formula is C13H14S-2. The monoisotopic (exact) mass is 202 g/mol. The second-order valence-corrected chi connectivity index (χ2v) is 4.48. The van der Waals surface area contributed by atoms with Crippen LogP contribution < -0.4 is 0 Å². The zero-order chi connectivity index (χ0) is 9.80. The number of hydrogen-bond donors (Lipinski definition) is 0. The molecule has 74 valence electrons. The van der Waals surface area contributed by atoms with Gasteiger partial charge in [0.2, 0.25) is 0 Å². The molecule has 14 heavy (non-hydrogen) atoms. The summed E-state index contributed by atoms with van der Waals surface area (Å²) in [6.07, 6.45) is 3.32. The Balaban J connectivity index is 2.08. The second-order valence-electron chi connectivity index (χ2n) is 3.44. The molecular weight excluding hydrogens is 188 g/mol. The fourth-order valence-electron chi connectivity index (χ4n) is 1.70. The molecule has 0 saturated carbocycles. The third kappa shape index (κ3) is 2.10. The summed E-state index contributed by atoms with van der Waals surface area (Å²) in [6.45, 7) is 0. The van der Waals surface area contributed by atoms with Gasteiger partial charge in [0.05, 0.1) is 0 Å². The van der Waals surface area contributed by atoms with E-state index in [1.165, 1.54) is 11.1 Å². The SMILES string of the molecule is CSC(Cc1ccc[cH-]1)c1ccc[cH-]1. The highest BCUT2D eigenvalue weighted by atomic mass is 32.2. The van der Waals surface area contributed by atoms with E-state index in [0.717, 1.165) is 6.42 Å². The highest BCUT2D eigenvalue weighted by Crippen LogP contribution is 2.30. The highest BCUT2D eigenvalue weighted by Gasteiger charge is 2.04. The maximum absolute atomic E-state index is 2.21. The minimum Gasteiger partial charge on any atom is -0.213 e. The van der Waals surface area contributed by atoms with Crippen LogP contribution >= 0.6 is 11.8 Å². The van der Waals surface area contributed by atoms with E-state index < -0.39 is 0 Å². The molecule has 0 fully saturated rings. The molecule has 2 rings (SSSR count). The Morgan fingerprint density at radius 1 is 1.21 bits per heavy atom. The van der Waals surface area contributed by atoms with E-state index in [4.69, 9.17) is 0 Å². The number of hydrogen-bond acceptors (Lipinski definition) is 1. The first kappa shape index (κ1) is 9.60. The van der Waals surface area contributed by atoms with Crippen molar-refractivity contribution in [2.45, 2.75) is 11.7 Å². The normalized spacial score (nSPS) is 12.9. The van der Waals surface area contributed by atoms with Gasteiger partial charge in [-0.15, -0.1) is 0 Å². The van der Waals surface area contributed by atoms with Crippen LogP contribution in [0, 0.1) is 0 Å². The fraction of sp³-hybridized carbons (Fsp3) is 0.231. The first-order valence-corrected chi connectivity index (χ1v) is 6.14. The summed E-state index contributed by atoms with van der Waals surface area (Å²) < 4.78 is 0. The molecule has 0 heterocycles. The van der Waals surface area contributed by atoms with Gasteiger partial charge in [-0.3, -0.25) is 0 Å². The second kappa shape index (κ2) is 4.52. The van der Waals surface area contributed by atoms with E-state index in [2.05, 4.69) is 54.8 Å². The van der Waals surface area contributed by atoms with E-state index in [9.17, 15) is 0 Å². The molecule has 0 radical (unpaired) electrons. The quantitative estimate of drug-likeness (QED) is 0.680. The Morgan fingerprint density at radius 2 is 2.00 bits per heavy atom. The molecule has 0 aliphatic heterocycles. The first-order valence-electron chi connectivity index (χ1n) is 4.85. The minimum absolute atomic E-state index is 0.604. The fourth-order valence-corrected chi connectivity index (χ4v) is 2.49. The molecule has 1 atom stereocenters. The summed E-state index contributed by atoms with van der Waals surface area (Å²) in [7, 11) is 0. The molecule has 0 nitrogen and oxygen atoms in total. The van der Waals surface area contributed by atoms with Gasteiger partial charge in [-0.05, 0) is 12.7 Å². The van der Waals surface area contributed by atoms with Crippen LogP contribution in [0.5, 0.6) is 0 Å². The molecule has 0 aliphatic rings. The van der Waals surface area contributed by atoms with Crippen LogP contribution in [0.2, 0.25) is 0 Å². The third-order valence-corrected chi connectivity index (χ3v) is 3.51. The van der Waals surface area contributed by atoms with Crippen molar-refractivity contribution in [3.8, 4) is 0 Å². The van der Waals surface area contributed by atoms with Crippen LogP contribution in [0.1, 0.15) is 16.4 Å². The zero-order valence-corrected chi connectivity index (χ0v) is 9.13. The molecule has 0 amide bonds. The Bertz CT molecular complexity index is 342. The molecule has 0 aromatic heterocycles. The van der Waals surface area contributed by atoms with E-state index in [0.29, 0.717) is 5.25 Å². The van der Waals surface area contributed by atoms with Crippen molar-refractivity contribution < 1.29 is 0 Å². The van der Waals surface area contributed by atoms with Crippen molar-refractivity contribution in [1.29, 1.82) is 0 Å². The predicted octanol–water partition coefficient (Wildman–Crippen LogP) is 3.77. The standard InChI is InChI=1S/C13H14S/c1-14-13(12-8-4-5-9-12)10-11-6-2-3-7-11/h2-9,13H,10H2,1H3/q-2. The smallest absolute Gasteiger partial charge is 0.00841 e. The molecule has 2 aromatic carbocycles. The molecule has 1 unspecified atom stereocenters. The number of rotatable bonds is 4. The van der Waals surface area contributed by atoms with Crippen LogP contribution in [-0.4, -0.2) is 6.26 Å². The third-order valence-electron chi connectivity index (χ3n) is 2.50. The molecule has 0 bridgehead atoms. The molecule has 0 N–H and O–H groups in total. The topological polar surface area (TPSA) is 0 Å². The van der Waals surface area contributed by atoms with Crippen molar-refractivity contribution in [3.63, 3.8) is 0 Å². The Hall–Kier alpha value is -0.950. The van der Waals surface area contributed by atoms with Gasteiger partial charge in [0.15, 0.2) is 0 Å². The van der Waals surface area contributed by atoms with E-state index in [1.54, 1.807) is 0 Å². The summed E-state index contributed by atoms with van der Waals surface area (Å²) in [4.78, 5) is 0. The van der Waals surface area contributed by atoms with Gasteiger partial charge in [-0.1, -0.05) is 0 Å². The van der Waals surface area contributed by atoms with Crippen LogP contribution in [0.15, 0.2) is 48.5 Å². The van der Waals surface area contributed by atoms with E-state index >= 15 is 0 Å². The minimum atomic E-state index is 0.604. The average molecular weight is 202 g/mol. The Labute approximate surface area is 89.7 Å². The predicted molar refractivity (Wildman–Crippen MR) is 64.0 cm³/mol. The van der Waals surface area contributed by atoms with Crippen LogP contribution in [0.4, 0.5) is 0 Å². The van der Waals surface area contributed by atoms with Crippen molar-refractivity contribution in [2.24, 2.45) is 0 Å². The van der Waals surface area contributed by atoms with Crippen LogP contribution in [0.3, 0.4) is 0 Å². The van der Waals surface area contributed by atoms with Crippen LogP contribution in [0.25, 0.3) is 0 Å². The lowest BCUT2D eigenvalue weighted by Gasteiger charge is -2.18. The maximum Gasteiger partial charge on any atom is 0.00841 e. The molecule has 0 saturated heterocycles. The average Bonchev–Trinajstić information content (AvgIpc) is 2.86. The summed E-state index contributed by atoms with van der Waals surface area (Å²) >= 11 is 1.93. The largest absolute Gasteiger partial charge is 0.213 e. The van der Waals surface area contributed by atoms with Crippen molar-refractivity contribution in [3.05, 3.63) is 59.7 Å². The molecule has 0 aliphatic carbocycles. The van der Waals surface area contributed by atoms with Crippen LogP contribution in [-0.2, 0) is 6.42 Å². The van der Waals surface area contributed by atoms with Crippen molar-refractivity contribution in [2.75, 3.05) is 6.26 Å². The van der Waals surface area contributed by atoms with Gasteiger partial charge in [0.25, 0.3) is 0 Å². The van der Waals surface area contributed by atoms with Gasteiger partial charge in [0.1, 0.15) is 0 Å². The van der Waals surface area contributed by atoms with Gasteiger partial charge in [-0.2, -0.15) is 47.2 Å². The molecule has 0 spiro atoms. The van der Waals surface area contributed by atoms with Gasteiger partial charge < -0.3 is 0 Å². The van der Waals surface area contributed by atoms with Crippen molar-refractivity contribution in [1.82, 2.24) is 0 Å². The Morgan fingerprint density at radius 3 is 2.57 bits per heavy atom. The molecule has 2 aromatic rings. The van der Waals surface area contributed by atoms with E-state index in [1.807, 2.05) is 11.8 Å². The first-order chi connectivity index (χ1) is 6.90. The van der Waals surface area contributed by atoms with Gasteiger partial charge in [0, 0.05) is 5.25 Å². The summed E-state index contributed by atoms with van der Waals surface area (Å²) in [5.41, 5.74) is 2.88.